The highest BCUT2D eigenvalue weighted by Crippen LogP contribution is 2.47. The van der Waals surface area contributed by atoms with E-state index in [-0.39, 0.29) is 12.8 Å². The van der Waals surface area contributed by atoms with Crippen molar-refractivity contribution in [3.05, 3.63) is 36.5 Å². The number of unbranched alkanes of at least 4 members (excludes halogenated alkanes) is 21. The Balaban J connectivity index is 2.45. The third-order valence-corrected chi connectivity index (χ3v) is 12.0. The molecule has 8 atom stereocenters. The lowest BCUT2D eigenvalue weighted by Crippen LogP contribution is -2.64. The summed E-state index contributed by atoms with van der Waals surface area (Å²) in [5, 5.41) is 50.2. The molecule has 6 N–H and O–H groups in total. The Labute approximate surface area is 368 Å². The van der Waals surface area contributed by atoms with E-state index < -0.39 is 75.7 Å². The quantitative estimate of drug-likeness (QED) is 0.0147. The second-order valence-corrected chi connectivity index (χ2v) is 18.0. The SMILES string of the molecule is CCCCC/C=C\C/C=C\C/C=C\CCCCCCCCC(=O)O[C@H](COC(=O)CCCCCCCCCCCCCCC)COP(=O)(O)OC1C(O)C(O)C(O)[C@@H](O)C1O. The Kier molecular flexibility index (Phi) is 35.0. The second-order valence-electron chi connectivity index (χ2n) is 16.6. The Morgan fingerprint density at radius 1 is 0.508 bits per heavy atom. The van der Waals surface area contributed by atoms with Gasteiger partial charge in [0.1, 0.15) is 43.2 Å². The highest BCUT2D eigenvalue weighted by Gasteiger charge is 2.51. The number of allylic oxidation sites excluding steroid dienone is 6. The van der Waals surface area contributed by atoms with Crippen LogP contribution in [0, 0.1) is 0 Å². The molecular weight excluding hydrogens is 803 g/mol. The number of aliphatic hydroxyl groups excluding tert-OH is 5. The van der Waals surface area contributed by atoms with Gasteiger partial charge in [0.2, 0.25) is 0 Å². The first-order chi connectivity index (χ1) is 29.4. The predicted octanol–water partition coefficient (Wildman–Crippen LogP) is 9.39. The van der Waals surface area contributed by atoms with Crippen molar-refractivity contribution in [1.29, 1.82) is 0 Å². The van der Waals surface area contributed by atoms with Crippen LogP contribution in [-0.4, -0.2) is 98.3 Å². The van der Waals surface area contributed by atoms with E-state index in [9.17, 15) is 44.6 Å². The van der Waals surface area contributed by atoms with Gasteiger partial charge in [-0.3, -0.25) is 18.6 Å². The third kappa shape index (κ3) is 30.0. The Hall–Kier alpha value is -1.93. The summed E-state index contributed by atoms with van der Waals surface area (Å²) in [5.41, 5.74) is 0. The number of rotatable bonds is 39. The minimum absolute atomic E-state index is 0.0835. The number of ether oxygens (including phenoxy) is 2. The lowest BCUT2D eigenvalue weighted by atomic mass is 9.85. The molecule has 14 heteroatoms. The molecule has 13 nitrogen and oxygen atoms in total. The lowest BCUT2D eigenvalue weighted by Gasteiger charge is -2.41. The van der Waals surface area contributed by atoms with Crippen molar-refractivity contribution < 1.29 is 63.1 Å². The zero-order chi connectivity index (χ0) is 45.0. The topological polar surface area (TPSA) is 210 Å². The van der Waals surface area contributed by atoms with E-state index in [1.165, 1.54) is 77.0 Å². The van der Waals surface area contributed by atoms with Gasteiger partial charge >= 0.3 is 19.8 Å². The Bertz CT molecular complexity index is 1210. The second kappa shape index (κ2) is 37.4. The van der Waals surface area contributed by atoms with Crippen molar-refractivity contribution in [2.24, 2.45) is 0 Å². The van der Waals surface area contributed by atoms with Gasteiger partial charge in [-0.2, -0.15) is 0 Å². The van der Waals surface area contributed by atoms with E-state index in [0.717, 1.165) is 77.0 Å². The van der Waals surface area contributed by atoms with E-state index in [4.69, 9.17) is 18.5 Å². The van der Waals surface area contributed by atoms with Crippen LogP contribution < -0.4 is 0 Å². The number of carbonyl (C=O) groups excluding carboxylic acids is 2. The smallest absolute Gasteiger partial charge is 0.462 e. The number of hydrogen-bond acceptors (Lipinski definition) is 12. The number of carbonyl (C=O) groups is 2. The summed E-state index contributed by atoms with van der Waals surface area (Å²) in [6.45, 7) is 3.26. The predicted molar refractivity (Wildman–Crippen MR) is 240 cm³/mol. The summed E-state index contributed by atoms with van der Waals surface area (Å²) in [6.07, 6.45) is 29.0. The summed E-state index contributed by atoms with van der Waals surface area (Å²) in [6, 6.07) is 0. The van der Waals surface area contributed by atoms with Crippen LogP contribution in [-0.2, 0) is 32.7 Å². The fraction of sp³-hybridized carbons (Fsp3) is 0.830. The fourth-order valence-corrected chi connectivity index (χ4v) is 8.09. The van der Waals surface area contributed by atoms with Crippen LogP contribution in [0.3, 0.4) is 0 Å². The molecule has 6 unspecified atom stereocenters. The van der Waals surface area contributed by atoms with Gasteiger partial charge in [0.05, 0.1) is 6.61 Å². The molecule has 1 fully saturated rings. The number of phosphoric acid groups is 1. The Morgan fingerprint density at radius 3 is 1.38 bits per heavy atom. The van der Waals surface area contributed by atoms with Gasteiger partial charge in [-0.25, -0.2) is 4.57 Å². The average molecular weight is 889 g/mol. The molecule has 0 saturated heterocycles. The average Bonchev–Trinajstić information content (AvgIpc) is 3.24. The van der Waals surface area contributed by atoms with Crippen molar-refractivity contribution in [2.75, 3.05) is 13.2 Å². The molecule has 61 heavy (non-hydrogen) atoms. The van der Waals surface area contributed by atoms with Crippen molar-refractivity contribution in [3.8, 4) is 0 Å². The third-order valence-electron chi connectivity index (χ3n) is 11.0. The largest absolute Gasteiger partial charge is 0.472 e. The first-order valence-electron chi connectivity index (χ1n) is 23.8. The van der Waals surface area contributed by atoms with Crippen LogP contribution in [0.25, 0.3) is 0 Å². The fourth-order valence-electron chi connectivity index (χ4n) is 7.12. The molecule has 1 aliphatic carbocycles. The van der Waals surface area contributed by atoms with E-state index >= 15 is 0 Å². The maximum Gasteiger partial charge on any atom is 0.472 e. The van der Waals surface area contributed by atoms with Gasteiger partial charge in [0.15, 0.2) is 6.10 Å². The molecular formula is C47H85O13P. The highest BCUT2D eigenvalue weighted by molar-refractivity contribution is 7.47. The van der Waals surface area contributed by atoms with Gasteiger partial charge in [0.25, 0.3) is 0 Å². The molecule has 0 amide bonds. The van der Waals surface area contributed by atoms with Crippen LogP contribution in [0.2, 0.25) is 0 Å². The monoisotopic (exact) mass is 889 g/mol. The molecule has 1 rings (SSSR count). The van der Waals surface area contributed by atoms with Gasteiger partial charge in [-0.05, 0) is 51.4 Å². The van der Waals surface area contributed by atoms with Crippen LogP contribution >= 0.6 is 7.82 Å². The molecule has 0 heterocycles. The van der Waals surface area contributed by atoms with Gasteiger partial charge in [-0.1, -0.05) is 166 Å². The van der Waals surface area contributed by atoms with Gasteiger partial charge in [0, 0.05) is 12.8 Å². The van der Waals surface area contributed by atoms with Crippen molar-refractivity contribution >= 4 is 19.8 Å². The molecule has 0 aromatic carbocycles. The van der Waals surface area contributed by atoms with Crippen molar-refractivity contribution in [3.63, 3.8) is 0 Å². The maximum atomic E-state index is 12.8. The van der Waals surface area contributed by atoms with Gasteiger partial charge in [-0.15, -0.1) is 0 Å². The first kappa shape index (κ1) is 57.1. The summed E-state index contributed by atoms with van der Waals surface area (Å²) in [7, 11) is -5.12. The molecule has 1 aliphatic rings. The van der Waals surface area contributed by atoms with E-state index in [1.54, 1.807) is 0 Å². The number of esters is 2. The van der Waals surface area contributed by atoms with E-state index in [1.807, 2.05) is 0 Å². The van der Waals surface area contributed by atoms with Crippen LogP contribution in [0.1, 0.15) is 194 Å². The minimum atomic E-state index is -5.12. The molecule has 1 saturated carbocycles. The molecule has 0 aromatic rings. The zero-order valence-electron chi connectivity index (χ0n) is 37.7. The van der Waals surface area contributed by atoms with Crippen LogP contribution in [0.15, 0.2) is 36.5 Å². The molecule has 356 valence electrons. The van der Waals surface area contributed by atoms with Crippen molar-refractivity contribution in [1.82, 2.24) is 0 Å². The number of phosphoric ester groups is 1. The summed E-state index contributed by atoms with van der Waals surface area (Å²) >= 11 is 0. The summed E-state index contributed by atoms with van der Waals surface area (Å²) in [5.74, 6) is -1.11. The summed E-state index contributed by atoms with van der Waals surface area (Å²) in [4.78, 5) is 35.7. The van der Waals surface area contributed by atoms with E-state index in [0.29, 0.717) is 12.8 Å². The summed E-state index contributed by atoms with van der Waals surface area (Å²) < 4.78 is 33.5. The molecule has 0 aromatic heterocycles. The zero-order valence-corrected chi connectivity index (χ0v) is 38.6. The van der Waals surface area contributed by atoms with Crippen LogP contribution in [0.4, 0.5) is 0 Å². The molecule has 0 spiro atoms. The van der Waals surface area contributed by atoms with Crippen molar-refractivity contribution in [2.45, 2.75) is 236 Å². The lowest BCUT2D eigenvalue weighted by molar-refractivity contribution is -0.220. The Morgan fingerprint density at radius 2 is 0.885 bits per heavy atom. The number of aliphatic hydroxyl groups is 5. The highest BCUT2D eigenvalue weighted by atomic mass is 31.2. The van der Waals surface area contributed by atoms with Gasteiger partial charge < -0.3 is 39.9 Å². The molecule has 0 radical (unpaired) electrons. The molecule has 0 bridgehead atoms. The van der Waals surface area contributed by atoms with Crippen LogP contribution in [0.5, 0.6) is 0 Å². The first-order valence-corrected chi connectivity index (χ1v) is 25.3. The van der Waals surface area contributed by atoms with E-state index in [2.05, 4.69) is 50.3 Å². The minimum Gasteiger partial charge on any atom is -0.462 e. The molecule has 0 aliphatic heterocycles. The number of hydrogen-bond donors (Lipinski definition) is 6. The normalized spacial score (nSPS) is 22.3. The maximum absolute atomic E-state index is 12.8. The standard InChI is InChI=1S/C47H85O13P/c1-3-5-7-9-11-13-15-17-18-19-20-21-22-24-26-28-30-32-34-36-41(49)59-39(38-58-61(55,56)60-47-45(53)43(51)42(50)44(52)46(47)54)37-57-40(48)35-33-31-29-27-25-23-16-14-12-10-8-6-4-2/h11,13,17-18,20-21,39,42-47,50-54H,3-10,12,14-16,19,22-38H2,1-2H3,(H,55,56)/b13-11-,18-17-,21-20-/t39-,42?,43-,44?,45?,46?,47?/m1/s1.